The van der Waals surface area contributed by atoms with E-state index < -0.39 is 5.60 Å². The van der Waals surface area contributed by atoms with E-state index in [4.69, 9.17) is 0 Å². The topological polar surface area (TPSA) is 32.3 Å². The third kappa shape index (κ3) is 2.00. The highest BCUT2D eigenvalue weighted by molar-refractivity contribution is 5.22. The Kier molecular flexibility index (Phi) is 2.93. The van der Waals surface area contributed by atoms with Gasteiger partial charge in [-0.2, -0.15) is 0 Å². The van der Waals surface area contributed by atoms with Crippen molar-refractivity contribution >= 4 is 0 Å². The van der Waals surface area contributed by atoms with Gasteiger partial charge in [-0.25, -0.2) is 0 Å². The standard InChI is InChI=1S/C15H21NO/c17-15-9-5-4-8-13(15)14(16-11-10-15)12-6-2-1-3-7-12/h1-3,6-7,13-14,16-17H,4-5,8-11H2/t13-,14-,15+/m0/s1. The van der Waals surface area contributed by atoms with Crippen LogP contribution in [0.3, 0.4) is 0 Å². The number of hydrogen-bond donors (Lipinski definition) is 2. The van der Waals surface area contributed by atoms with E-state index in [0.717, 1.165) is 25.8 Å². The van der Waals surface area contributed by atoms with Crippen LogP contribution in [0.25, 0.3) is 0 Å². The third-order valence-corrected chi connectivity index (χ3v) is 4.55. The highest BCUT2D eigenvalue weighted by Gasteiger charge is 2.45. The first-order valence-corrected chi connectivity index (χ1v) is 6.80. The van der Waals surface area contributed by atoms with Gasteiger partial charge in [-0.15, -0.1) is 0 Å². The van der Waals surface area contributed by atoms with Gasteiger partial charge in [0.2, 0.25) is 0 Å². The molecule has 1 aromatic rings. The lowest BCUT2D eigenvalue weighted by Crippen LogP contribution is -2.53. The van der Waals surface area contributed by atoms with Crippen molar-refractivity contribution < 1.29 is 5.11 Å². The zero-order valence-corrected chi connectivity index (χ0v) is 10.2. The number of piperidine rings is 1. The van der Waals surface area contributed by atoms with Gasteiger partial charge in [0.05, 0.1) is 5.60 Å². The van der Waals surface area contributed by atoms with Crippen LogP contribution >= 0.6 is 0 Å². The van der Waals surface area contributed by atoms with Crippen molar-refractivity contribution in [2.24, 2.45) is 5.92 Å². The molecule has 1 aliphatic heterocycles. The molecule has 0 radical (unpaired) electrons. The summed E-state index contributed by atoms with van der Waals surface area (Å²) < 4.78 is 0. The van der Waals surface area contributed by atoms with E-state index in [9.17, 15) is 5.11 Å². The van der Waals surface area contributed by atoms with Crippen LogP contribution in [0, 0.1) is 5.92 Å². The second-order valence-corrected chi connectivity index (χ2v) is 5.55. The van der Waals surface area contributed by atoms with Gasteiger partial charge in [0, 0.05) is 12.0 Å². The molecule has 1 saturated carbocycles. The van der Waals surface area contributed by atoms with Crippen molar-refractivity contribution in [2.75, 3.05) is 6.54 Å². The molecule has 1 heterocycles. The van der Waals surface area contributed by atoms with Gasteiger partial charge in [-0.05, 0) is 31.4 Å². The van der Waals surface area contributed by atoms with Crippen LogP contribution in [-0.2, 0) is 0 Å². The molecule has 92 valence electrons. The van der Waals surface area contributed by atoms with Gasteiger partial charge in [0.15, 0.2) is 0 Å². The molecule has 3 rings (SSSR count). The van der Waals surface area contributed by atoms with Gasteiger partial charge in [0.1, 0.15) is 0 Å². The molecule has 0 unspecified atom stereocenters. The van der Waals surface area contributed by atoms with Crippen LogP contribution in [0.1, 0.15) is 43.7 Å². The van der Waals surface area contributed by atoms with Crippen molar-refractivity contribution in [2.45, 2.75) is 43.7 Å². The first-order chi connectivity index (χ1) is 8.30. The summed E-state index contributed by atoms with van der Waals surface area (Å²) in [7, 11) is 0. The molecule has 17 heavy (non-hydrogen) atoms. The monoisotopic (exact) mass is 231 g/mol. The number of fused-ring (bicyclic) bond motifs is 1. The van der Waals surface area contributed by atoms with Crippen molar-refractivity contribution in [3.05, 3.63) is 35.9 Å². The summed E-state index contributed by atoms with van der Waals surface area (Å²) in [5, 5.41) is 14.4. The highest BCUT2D eigenvalue weighted by atomic mass is 16.3. The average Bonchev–Trinajstić information content (AvgIpc) is 2.38. The molecular formula is C15H21NO. The molecule has 2 nitrogen and oxygen atoms in total. The molecular weight excluding hydrogens is 210 g/mol. The summed E-state index contributed by atoms with van der Waals surface area (Å²) in [5.74, 6) is 0.396. The highest BCUT2D eigenvalue weighted by Crippen LogP contribution is 2.45. The summed E-state index contributed by atoms with van der Waals surface area (Å²) in [4.78, 5) is 0. The molecule has 1 aromatic carbocycles. The van der Waals surface area contributed by atoms with Gasteiger partial charge < -0.3 is 10.4 Å². The van der Waals surface area contributed by atoms with E-state index in [2.05, 4.69) is 35.6 Å². The van der Waals surface area contributed by atoms with E-state index in [0.29, 0.717) is 12.0 Å². The van der Waals surface area contributed by atoms with Crippen LogP contribution in [0.2, 0.25) is 0 Å². The summed E-state index contributed by atoms with van der Waals surface area (Å²) in [6.45, 7) is 0.937. The van der Waals surface area contributed by atoms with Crippen LogP contribution in [0.4, 0.5) is 0 Å². The van der Waals surface area contributed by atoms with E-state index in [-0.39, 0.29) is 0 Å². The number of benzene rings is 1. The van der Waals surface area contributed by atoms with Crippen LogP contribution < -0.4 is 5.32 Å². The van der Waals surface area contributed by atoms with Gasteiger partial charge >= 0.3 is 0 Å². The molecule has 2 fully saturated rings. The van der Waals surface area contributed by atoms with E-state index in [1.807, 2.05) is 0 Å². The van der Waals surface area contributed by atoms with Gasteiger partial charge in [-0.1, -0.05) is 43.2 Å². The Balaban J connectivity index is 1.89. The SMILES string of the molecule is O[C@@]12CCCC[C@H]1[C@H](c1ccccc1)NCC2. The summed E-state index contributed by atoms with van der Waals surface area (Å²) in [6.07, 6.45) is 5.51. The zero-order chi connectivity index (χ0) is 11.7. The Labute approximate surface area is 103 Å². The predicted octanol–water partition coefficient (Wildman–Crippen LogP) is 2.64. The third-order valence-electron chi connectivity index (χ3n) is 4.55. The Bertz CT molecular complexity index is 374. The fourth-order valence-corrected chi connectivity index (χ4v) is 3.63. The average molecular weight is 231 g/mol. The smallest absolute Gasteiger partial charge is 0.0706 e. The molecule has 2 heteroatoms. The Hall–Kier alpha value is -0.860. The maximum Gasteiger partial charge on any atom is 0.0706 e. The molecule has 1 saturated heterocycles. The molecule has 0 amide bonds. The van der Waals surface area contributed by atoms with Crippen molar-refractivity contribution in [1.82, 2.24) is 5.32 Å². The maximum absolute atomic E-state index is 10.8. The van der Waals surface area contributed by atoms with Crippen LogP contribution in [0.5, 0.6) is 0 Å². The lowest BCUT2D eigenvalue weighted by atomic mass is 9.67. The quantitative estimate of drug-likeness (QED) is 0.778. The number of hydrogen-bond acceptors (Lipinski definition) is 2. The van der Waals surface area contributed by atoms with Crippen molar-refractivity contribution in [3.63, 3.8) is 0 Å². The van der Waals surface area contributed by atoms with E-state index >= 15 is 0 Å². The first-order valence-electron chi connectivity index (χ1n) is 6.80. The molecule has 0 aromatic heterocycles. The summed E-state index contributed by atoms with van der Waals surface area (Å²) in [6, 6.07) is 10.9. The Morgan fingerprint density at radius 3 is 2.76 bits per heavy atom. The second kappa shape index (κ2) is 4.43. The van der Waals surface area contributed by atoms with Crippen LogP contribution in [0.15, 0.2) is 30.3 Å². The second-order valence-electron chi connectivity index (χ2n) is 5.55. The molecule has 2 aliphatic rings. The van der Waals surface area contributed by atoms with E-state index in [1.165, 1.54) is 18.4 Å². The molecule has 1 aliphatic carbocycles. The Morgan fingerprint density at radius 2 is 1.94 bits per heavy atom. The minimum absolute atomic E-state index is 0.343. The number of nitrogens with one attached hydrogen (secondary N) is 1. The maximum atomic E-state index is 10.8. The molecule has 3 atom stereocenters. The minimum Gasteiger partial charge on any atom is -0.389 e. The van der Waals surface area contributed by atoms with Gasteiger partial charge in [-0.3, -0.25) is 0 Å². The largest absolute Gasteiger partial charge is 0.389 e. The predicted molar refractivity (Wildman–Crippen MR) is 68.7 cm³/mol. The minimum atomic E-state index is -0.413. The molecule has 0 spiro atoms. The van der Waals surface area contributed by atoms with Crippen molar-refractivity contribution in [1.29, 1.82) is 0 Å². The molecule has 2 N–H and O–H groups in total. The number of rotatable bonds is 1. The lowest BCUT2D eigenvalue weighted by Gasteiger charge is -2.48. The lowest BCUT2D eigenvalue weighted by molar-refractivity contribution is -0.0861. The van der Waals surface area contributed by atoms with Gasteiger partial charge in [0.25, 0.3) is 0 Å². The van der Waals surface area contributed by atoms with E-state index in [1.54, 1.807) is 0 Å². The van der Waals surface area contributed by atoms with Crippen LogP contribution in [-0.4, -0.2) is 17.3 Å². The fourth-order valence-electron chi connectivity index (χ4n) is 3.63. The summed E-state index contributed by atoms with van der Waals surface area (Å²) in [5.41, 5.74) is 0.918. The fraction of sp³-hybridized carbons (Fsp3) is 0.600. The zero-order valence-electron chi connectivity index (χ0n) is 10.2. The molecule has 0 bridgehead atoms. The first kappa shape index (κ1) is 11.2. The Morgan fingerprint density at radius 1 is 1.12 bits per heavy atom. The normalized spacial score (nSPS) is 37.5. The summed E-state index contributed by atoms with van der Waals surface area (Å²) >= 11 is 0. The van der Waals surface area contributed by atoms with Crippen molar-refractivity contribution in [3.8, 4) is 0 Å². The number of aliphatic hydroxyl groups is 1.